The number of hydrazone groups is 1. The third kappa shape index (κ3) is 3.24. The van der Waals surface area contributed by atoms with Crippen molar-refractivity contribution in [3.8, 4) is 5.75 Å². The highest BCUT2D eigenvalue weighted by Gasteiger charge is 2.49. The van der Waals surface area contributed by atoms with E-state index in [0.717, 1.165) is 16.3 Å². The summed E-state index contributed by atoms with van der Waals surface area (Å²) in [5.74, 6) is 0.345. The Hall–Kier alpha value is -3.15. The molecule has 2 aromatic rings. The first-order valence-electron chi connectivity index (χ1n) is 8.03. The number of rotatable bonds is 5. The molecule has 0 radical (unpaired) electrons. The standard InChI is InChI=1S/C19H19N3O3/c1-3-25-16-11-9-14(10-12-16)13-20-22-17(23)19(2,21-18(22)24)15-7-5-4-6-8-15/h4-13H,3H2,1-2H3,(H,21,24)/b20-13-/t19-/m1/s1. The molecule has 1 fully saturated rings. The molecule has 2 aromatic carbocycles. The average molecular weight is 337 g/mol. The normalized spacial score (nSPS) is 20.2. The van der Waals surface area contributed by atoms with Crippen molar-refractivity contribution >= 4 is 18.2 Å². The third-order valence-electron chi connectivity index (χ3n) is 4.03. The highest BCUT2D eigenvalue weighted by molar-refractivity contribution is 6.07. The summed E-state index contributed by atoms with van der Waals surface area (Å²) in [4.78, 5) is 24.9. The van der Waals surface area contributed by atoms with E-state index in [1.165, 1.54) is 6.21 Å². The fourth-order valence-electron chi connectivity index (χ4n) is 2.64. The predicted octanol–water partition coefficient (Wildman–Crippen LogP) is 2.89. The summed E-state index contributed by atoms with van der Waals surface area (Å²) in [7, 11) is 0. The van der Waals surface area contributed by atoms with Crippen LogP contribution in [0.25, 0.3) is 0 Å². The van der Waals surface area contributed by atoms with Gasteiger partial charge in [0.2, 0.25) is 0 Å². The van der Waals surface area contributed by atoms with Crippen molar-refractivity contribution in [1.82, 2.24) is 10.3 Å². The molecule has 3 rings (SSSR count). The van der Waals surface area contributed by atoms with Crippen molar-refractivity contribution in [2.75, 3.05) is 6.61 Å². The molecule has 1 aliphatic heterocycles. The van der Waals surface area contributed by atoms with Gasteiger partial charge in [0.1, 0.15) is 11.3 Å². The number of carbonyl (C=O) groups is 2. The number of carbonyl (C=O) groups excluding carboxylic acids is 2. The van der Waals surface area contributed by atoms with Crippen molar-refractivity contribution in [3.05, 3.63) is 65.7 Å². The van der Waals surface area contributed by atoms with Crippen LogP contribution in [0.3, 0.4) is 0 Å². The first kappa shape index (κ1) is 16.7. The number of nitrogens with one attached hydrogen (secondary N) is 1. The Balaban J connectivity index is 1.79. The summed E-state index contributed by atoms with van der Waals surface area (Å²) in [6.45, 7) is 4.18. The maximum absolute atomic E-state index is 12.7. The van der Waals surface area contributed by atoms with Crippen molar-refractivity contribution < 1.29 is 14.3 Å². The lowest BCUT2D eigenvalue weighted by Gasteiger charge is -2.20. The van der Waals surface area contributed by atoms with E-state index in [1.807, 2.05) is 49.4 Å². The second kappa shape index (κ2) is 6.76. The molecule has 1 N–H and O–H groups in total. The van der Waals surface area contributed by atoms with Gasteiger partial charge in [-0.15, -0.1) is 5.01 Å². The highest BCUT2D eigenvalue weighted by atomic mass is 16.5. The van der Waals surface area contributed by atoms with Crippen molar-refractivity contribution in [2.24, 2.45) is 5.10 Å². The van der Waals surface area contributed by atoms with E-state index in [2.05, 4.69) is 10.4 Å². The fourth-order valence-corrected chi connectivity index (χ4v) is 2.64. The predicted molar refractivity (Wildman–Crippen MR) is 94.4 cm³/mol. The molecule has 0 saturated carbocycles. The van der Waals surface area contributed by atoms with Gasteiger partial charge in [0.05, 0.1) is 12.8 Å². The largest absolute Gasteiger partial charge is 0.494 e. The molecule has 128 valence electrons. The Morgan fingerprint density at radius 1 is 1.12 bits per heavy atom. The Bertz CT molecular complexity index is 802. The van der Waals surface area contributed by atoms with Gasteiger partial charge in [-0.25, -0.2) is 4.79 Å². The quantitative estimate of drug-likeness (QED) is 0.674. The van der Waals surface area contributed by atoms with E-state index >= 15 is 0 Å². The molecule has 6 heteroatoms. The molecule has 0 unspecified atom stereocenters. The third-order valence-corrected chi connectivity index (χ3v) is 4.03. The number of hydrogen-bond acceptors (Lipinski definition) is 4. The fraction of sp³-hybridized carbons (Fsp3) is 0.211. The topological polar surface area (TPSA) is 71.0 Å². The van der Waals surface area contributed by atoms with Crippen LogP contribution < -0.4 is 10.1 Å². The zero-order valence-electron chi connectivity index (χ0n) is 14.1. The summed E-state index contributed by atoms with van der Waals surface area (Å²) < 4.78 is 5.38. The van der Waals surface area contributed by atoms with Crippen LogP contribution in [0, 0.1) is 0 Å². The summed E-state index contributed by atoms with van der Waals surface area (Å²) in [5.41, 5.74) is 0.360. The molecule has 3 amide bonds. The molecule has 0 aliphatic carbocycles. The minimum absolute atomic E-state index is 0.411. The van der Waals surface area contributed by atoms with Crippen LogP contribution in [0.15, 0.2) is 59.7 Å². The van der Waals surface area contributed by atoms with Crippen LogP contribution in [-0.4, -0.2) is 29.8 Å². The number of hydrogen-bond donors (Lipinski definition) is 1. The molecule has 0 bridgehead atoms. The van der Waals surface area contributed by atoms with Gasteiger partial charge in [-0.05, 0) is 49.2 Å². The van der Waals surface area contributed by atoms with E-state index in [4.69, 9.17) is 4.74 Å². The smallest absolute Gasteiger partial charge is 0.346 e. The summed E-state index contributed by atoms with van der Waals surface area (Å²) in [6, 6.07) is 15.8. The molecule has 25 heavy (non-hydrogen) atoms. The number of nitrogens with zero attached hydrogens (tertiary/aromatic N) is 2. The number of amides is 3. The molecule has 0 spiro atoms. The summed E-state index contributed by atoms with van der Waals surface area (Å²) in [6.07, 6.45) is 1.48. The van der Waals surface area contributed by atoms with E-state index in [-0.39, 0.29) is 0 Å². The summed E-state index contributed by atoms with van der Waals surface area (Å²) in [5, 5.41) is 7.63. The maximum atomic E-state index is 12.7. The Morgan fingerprint density at radius 2 is 1.80 bits per heavy atom. The number of urea groups is 1. The summed E-state index contributed by atoms with van der Waals surface area (Å²) >= 11 is 0. The minimum Gasteiger partial charge on any atom is -0.494 e. The molecule has 1 aliphatic rings. The lowest BCUT2D eigenvalue weighted by Crippen LogP contribution is -2.40. The van der Waals surface area contributed by atoms with Crippen LogP contribution in [0.5, 0.6) is 5.75 Å². The lowest BCUT2D eigenvalue weighted by atomic mass is 9.92. The van der Waals surface area contributed by atoms with E-state index in [9.17, 15) is 9.59 Å². The van der Waals surface area contributed by atoms with Gasteiger partial charge in [-0.2, -0.15) is 5.10 Å². The van der Waals surface area contributed by atoms with Crippen LogP contribution in [0.4, 0.5) is 4.79 Å². The van der Waals surface area contributed by atoms with Crippen LogP contribution >= 0.6 is 0 Å². The van der Waals surface area contributed by atoms with Gasteiger partial charge in [-0.3, -0.25) is 4.79 Å². The van der Waals surface area contributed by atoms with Gasteiger partial charge in [-0.1, -0.05) is 30.3 Å². The van der Waals surface area contributed by atoms with E-state index in [0.29, 0.717) is 12.2 Å². The monoisotopic (exact) mass is 337 g/mol. The molecule has 1 saturated heterocycles. The Morgan fingerprint density at radius 3 is 2.44 bits per heavy atom. The minimum atomic E-state index is -1.12. The maximum Gasteiger partial charge on any atom is 0.346 e. The highest BCUT2D eigenvalue weighted by Crippen LogP contribution is 2.28. The lowest BCUT2D eigenvalue weighted by molar-refractivity contribution is -0.131. The Kier molecular flexibility index (Phi) is 4.52. The second-order valence-corrected chi connectivity index (χ2v) is 5.78. The van der Waals surface area contributed by atoms with Crippen molar-refractivity contribution in [3.63, 3.8) is 0 Å². The molecular formula is C19H19N3O3. The number of ether oxygens (including phenoxy) is 1. The molecular weight excluding hydrogens is 318 g/mol. The number of imide groups is 1. The van der Waals surface area contributed by atoms with Gasteiger partial charge in [0.15, 0.2) is 0 Å². The van der Waals surface area contributed by atoms with Crippen LogP contribution in [0.2, 0.25) is 0 Å². The molecule has 6 nitrogen and oxygen atoms in total. The SMILES string of the molecule is CCOc1ccc(/C=N\N2C(=O)N[C@](C)(c3ccccc3)C2=O)cc1. The first-order chi connectivity index (χ1) is 12.0. The number of benzene rings is 2. The van der Waals surface area contributed by atoms with Gasteiger partial charge >= 0.3 is 6.03 Å². The Labute approximate surface area is 146 Å². The van der Waals surface area contributed by atoms with Crippen molar-refractivity contribution in [1.29, 1.82) is 0 Å². The van der Waals surface area contributed by atoms with E-state index in [1.54, 1.807) is 19.1 Å². The zero-order valence-corrected chi connectivity index (χ0v) is 14.1. The van der Waals surface area contributed by atoms with Gasteiger partial charge in [0.25, 0.3) is 5.91 Å². The average Bonchev–Trinajstić information content (AvgIpc) is 2.85. The molecule has 1 heterocycles. The molecule has 1 atom stereocenters. The molecule has 0 aromatic heterocycles. The van der Waals surface area contributed by atoms with Crippen molar-refractivity contribution in [2.45, 2.75) is 19.4 Å². The van der Waals surface area contributed by atoms with Crippen LogP contribution in [0.1, 0.15) is 25.0 Å². The second-order valence-electron chi connectivity index (χ2n) is 5.78. The van der Waals surface area contributed by atoms with E-state index < -0.39 is 17.5 Å². The zero-order chi connectivity index (χ0) is 17.9. The van der Waals surface area contributed by atoms with Crippen LogP contribution in [-0.2, 0) is 10.3 Å². The van der Waals surface area contributed by atoms with Gasteiger partial charge < -0.3 is 10.1 Å². The van der Waals surface area contributed by atoms with Gasteiger partial charge in [0, 0.05) is 0 Å². The first-order valence-corrected chi connectivity index (χ1v) is 8.03.